The second-order valence-electron chi connectivity index (χ2n) is 10.5. The Balaban J connectivity index is 1.30. The smallest absolute Gasteiger partial charge is 0.338 e. The van der Waals surface area contributed by atoms with Crippen LogP contribution in [-0.4, -0.2) is 11.9 Å². The molecule has 0 aromatic heterocycles. The van der Waals surface area contributed by atoms with Gasteiger partial charge in [-0.2, -0.15) is 0 Å². The third-order valence-electron chi connectivity index (χ3n) is 7.30. The molecular formula is C34H36O4. The van der Waals surface area contributed by atoms with E-state index in [1.165, 1.54) is 36.8 Å². The van der Waals surface area contributed by atoms with Crippen molar-refractivity contribution in [1.29, 1.82) is 0 Å². The van der Waals surface area contributed by atoms with Crippen LogP contribution in [0.15, 0.2) is 91.0 Å². The van der Waals surface area contributed by atoms with Crippen molar-refractivity contribution in [2.75, 3.05) is 0 Å². The molecule has 0 saturated heterocycles. The van der Waals surface area contributed by atoms with Gasteiger partial charge in [0.2, 0.25) is 0 Å². The van der Waals surface area contributed by atoms with Crippen LogP contribution in [0.2, 0.25) is 0 Å². The summed E-state index contributed by atoms with van der Waals surface area (Å²) in [5.41, 5.74) is 6.81. The molecule has 4 nitrogen and oxygen atoms in total. The Morgan fingerprint density at radius 3 is 1.87 bits per heavy atom. The second-order valence-corrected chi connectivity index (χ2v) is 10.5. The van der Waals surface area contributed by atoms with Gasteiger partial charge in [0.15, 0.2) is 0 Å². The Labute approximate surface area is 226 Å². The van der Waals surface area contributed by atoms with Crippen molar-refractivity contribution in [2.45, 2.75) is 58.8 Å². The van der Waals surface area contributed by atoms with Crippen LogP contribution in [-0.2, 0) is 16.0 Å². The molecular weight excluding hydrogens is 472 g/mol. The van der Waals surface area contributed by atoms with Gasteiger partial charge in [0, 0.05) is 11.1 Å². The standard InChI is InChI=1S/C34H36O4/c1-22(2)33(35)37-30-16-14-28(15-17-30)27-10-6-25(7-11-27)21-26-8-12-29(13-9-26)32-19-18-31(20-24(32)5)38-34(36)23(3)4/h8-9,12-20,25,27H,1,3,6-7,10-11,21H2,2,4-5H3. The molecule has 0 atom stereocenters. The zero-order chi connectivity index (χ0) is 27.2. The first-order chi connectivity index (χ1) is 18.2. The number of esters is 2. The lowest BCUT2D eigenvalue weighted by Gasteiger charge is -2.29. The number of carbonyl (C=O) groups excluding carboxylic acids is 2. The van der Waals surface area contributed by atoms with E-state index in [9.17, 15) is 9.59 Å². The molecule has 38 heavy (non-hydrogen) atoms. The van der Waals surface area contributed by atoms with E-state index >= 15 is 0 Å². The number of carbonyl (C=O) groups is 2. The van der Waals surface area contributed by atoms with E-state index in [0.717, 1.165) is 23.1 Å². The molecule has 0 unspecified atom stereocenters. The van der Waals surface area contributed by atoms with E-state index in [0.29, 0.717) is 34.5 Å². The van der Waals surface area contributed by atoms with E-state index in [-0.39, 0.29) is 5.97 Å². The highest BCUT2D eigenvalue weighted by molar-refractivity contribution is 5.89. The summed E-state index contributed by atoms with van der Waals surface area (Å²) in [6.07, 6.45) is 5.87. The fourth-order valence-corrected chi connectivity index (χ4v) is 5.07. The van der Waals surface area contributed by atoms with Crippen molar-refractivity contribution in [3.8, 4) is 22.6 Å². The molecule has 1 aliphatic rings. The maximum atomic E-state index is 11.8. The van der Waals surface area contributed by atoms with Crippen molar-refractivity contribution in [1.82, 2.24) is 0 Å². The first-order valence-electron chi connectivity index (χ1n) is 13.2. The van der Waals surface area contributed by atoms with Crippen molar-refractivity contribution < 1.29 is 19.1 Å². The highest BCUT2D eigenvalue weighted by Gasteiger charge is 2.23. The normalized spacial score (nSPS) is 16.9. The lowest BCUT2D eigenvalue weighted by atomic mass is 9.76. The molecule has 0 aliphatic heterocycles. The fraction of sp³-hybridized carbons (Fsp3) is 0.294. The summed E-state index contributed by atoms with van der Waals surface area (Å²) < 4.78 is 10.7. The van der Waals surface area contributed by atoms with Crippen molar-refractivity contribution in [2.24, 2.45) is 5.92 Å². The third-order valence-corrected chi connectivity index (χ3v) is 7.30. The van der Waals surface area contributed by atoms with Gasteiger partial charge < -0.3 is 9.47 Å². The van der Waals surface area contributed by atoms with Crippen LogP contribution in [0.5, 0.6) is 11.5 Å². The zero-order valence-corrected chi connectivity index (χ0v) is 22.6. The Bertz CT molecular complexity index is 1320. The monoisotopic (exact) mass is 508 g/mol. The first kappa shape index (κ1) is 27.1. The van der Waals surface area contributed by atoms with E-state index in [4.69, 9.17) is 9.47 Å². The summed E-state index contributed by atoms with van der Waals surface area (Å²) >= 11 is 0. The van der Waals surface area contributed by atoms with Crippen molar-refractivity contribution >= 4 is 11.9 Å². The van der Waals surface area contributed by atoms with Gasteiger partial charge in [0.05, 0.1) is 0 Å². The predicted molar refractivity (Wildman–Crippen MR) is 152 cm³/mol. The highest BCUT2D eigenvalue weighted by Crippen LogP contribution is 2.38. The number of hydrogen-bond acceptors (Lipinski definition) is 4. The number of aryl methyl sites for hydroxylation is 1. The number of benzene rings is 3. The molecule has 4 heteroatoms. The minimum Gasteiger partial charge on any atom is -0.423 e. The van der Waals surface area contributed by atoms with Crippen LogP contribution >= 0.6 is 0 Å². The Hall–Kier alpha value is -3.92. The van der Waals surface area contributed by atoms with Gasteiger partial charge in [-0.25, -0.2) is 9.59 Å². The summed E-state index contributed by atoms with van der Waals surface area (Å²) in [7, 11) is 0. The molecule has 1 saturated carbocycles. The Kier molecular flexibility index (Phi) is 8.62. The van der Waals surface area contributed by atoms with Crippen LogP contribution in [0.1, 0.15) is 62.1 Å². The highest BCUT2D eigenvalue weighted by atomic mass is 16.5. The number of hydrogen-bond donors (Lipinski definition) is 0. The topological polar surface area (TPSA) is 52.6 Å². The average molecular weight is 509 g/mol. The summed E-state index contributed by atoms with van der Waals surface area (Å²) in [4.78, 5) is 23.5. The zero-order valence-electron chi connectivity index (χ0n) is 22.6. The minimum atomic E-state index is -0.407. The molecule has 0 N–H and O–H groups in total. The van der Waals surface area contributed by atoms with Crippen LogP contribution in [0.4, 0.5) is 0 Å². The van der Waals surface area contributed by atoms with Crippen LogP contribution < -0.4 is 9.47 Å². The average Bonchev–Trinajstić information content (AvgIpc) is 2.90. The van der Waals surface area contributed by atoms with Crippen LogP contribution in [0.3, 0.4) is 0 Å². The molecule has 0 amide bonds. The van der Waals surface area contributed by atoms with Crippen LogP contribution in [0.25, 0.3) is 11.1 Å². The Morgan fingerprint density at radius 1 is 0.763 bits per heavy atom. The SMILES string of the molecule is C=C(C)C(=O)Oc1ccc(C2CCC(Cc3ccc(-c4ccc(OC(=O)C(=C)C)cc4C)cc3)CC2)cc1. The van der Waals surface area contributed by atoms with Gasteiger partial charge in [0.1, 0.15) is 11.5 Å². The molecule has 0 bridgehead atoms. The van der Waals surface area contributed by atoms with Gasteiger partial charge in [-0.15, -0.1) is 0 Å². The van der Waals surface area contributed by atoms with Crippen molar-refractivity contribution in [3.63, 3.8) is 0 Å². The molecule has 1 aliphatic carbocycles. The molecule has 0 spiro atoms. The maximum absolute atomic E-state index is 11.8. The summed E-state index contributed by atoms with van der Waals surface area (Å²) in [6.45, 7) is 12.6. The van der Waals surface area contributed by atoms with Gasteiger partial charge in [-0.1, -0.05) is 55.6 Å². The molecule has 1 fully saturated rings. The van der Waals surface area contributed by atoms with Gasteiger partial charge in [-0.3, -0.25) is 0 Å². The Morgan fingerprint density at radius 2 is 1.32 bits per heavy atom. The number of rotatable bonds is 8. The van der Waals surface area contributed by atoms with Crippen LogP contribution in [0, 0.1) is 12.8 Å². The van der Waals surface area contributed by atoms with Gasteiger partial charge >= 0.3 is 11.9 Å². The molecule has 3 aromatic carbocycles. The fourth-order valence-electron chi connectivity index (χ4n) is 5.07. The summed E-state index contributed by atoms with van der Waals surface area (Å²) in [6, 6.07) is 22.5. The minimum absolute atomic E-state index is 0.383. The third kappa shape index (κ3) is 6.89. The molecule has 4 rings (SSSR count). The lowest BCUT2D eigenvalue weighted by Crippen LogP contribution is -2.15. The molecule has 3 aromatic rings. The van der Waals surface area contributed by atoms with E-state index < -0.39 is 5.97 Å². The summed E-state index contributed by atoms with van der Waals surface area (Å²) in [5, 5.41) is 0. The van der Waals surface area contributed by atoms with Crippen molar-refractivity contribution in [3.05, 3.63) is 108 Å². The van der Waals surface area contributed by atoms with Gasteiger partial charge in [-0.05, 0) is 117 Å². The quantitative estimate of drug-likeness (QED) is 0.175. The summed E-state index contributed by atoms with van der Waals surface area (Å²) in [5.74, 6) is 1.55. The first-order valence-corrected chi connectivity index (χ1v) is 13.2. The van der Waals surface area contributed by atoms with E-state index in [1.807, 2.05) is 37.3 Å². The lowest BCUT2D eigenvalue weighted by molar-refractivity contribution is -0.130. The molecule has 0 heterocycles. The largest absolute Gasteiger partial charge is 0.423 e. The maximum Gasteiger partial charge on any atom is 0.338 e. The van der Waals surface area contributed by atoms with E-state index in [2.05, 4.69) is 49.6 Å². The predicted octanol–water partition coefficient (Wildman–Crippen LogP) is 8.14. The molecule has 196 valence electrons. The van der Waals surface area contributed by atoms with Gasteiger partial charge in [0.25, 0.3) is 0 Å². The second kappa shape index (κ2) is 12.1. The molecule has 0 radical (unpaired) electrons. The van der Waals surface area contributed by atoms with E-state index in [1.54, 1.807) is 13.8 Å². The number of ether oxygens (including phenoxy) is 2.